The summed E-state index contributed by atoms with van der Waals surface area (Å²) in [6, 6.07) is 0. The first-order chi connectivity index (χ1) is 16.6. The number of carbonyl (C=O) groups excluding carboxylic acids is 1. The molecule has 0 radical (unpaired) electrons. The molecule has 0 aromatic heterocycles. The average Bonchev–Trinajstić information content (AvgIpc) is 3.15. The number of aliphatic hydroxyl groups excluding tert-OH is 1. The topological polar surface area (TPSA) is 46.5 Å². The largest absolute Gasteiger partial charge is 0.430 e. The molecule has 0 unspecified atom stereocenters. The zero-order valence-electron chi connectivity index (χ0n) is 23.4. The summed E-state index contributed by atoms with van der Waals surface area (Å²) in [5.41, 5.74) is 1.51. The Morgan fingerprint density at radius 2 is 1.89 bits per heavy atom. The van der Waals surface area contributed by atoms with Gasteiger partial charge in [-0.3, -0.25) is 4.79 Å². The predicted molar refractivity (Wildman–Crippen MR) is 144 cm³/mol. The van der Waals surface area contributed by atoms with Gasteiger partial charge in [0.2, 0.25) is 0 Å². The molecule has 35 heavy (non-hydrogen) atoms. The molecule has 0 aromatic rings. The summed E-state index contributed by atoms with van der Waals surface area (Å²) in [6.45, 7) is 14.3. The van der Waals surface area contributed by atoms with Crippen molar-refractivity contribution in [3.8, 4) is 0 Å². The minimum Gasteiger partial charge on any atom is -0.430 e. The number of unbranched alkanes of at least 4 members (excludes halogenated alkanes) is 1. The first-order valence-electron chi connectivity index (χ1n) is 14.9. The molecular weight excluding hydrogens is 432 g/mol. The summed E-state index contributed by atoms with van der Waals surface area (Å²) >= 11 is 0. The molecular formula is C32H52O3. The zero-order chi connectivity index (χ0) is 25.4. The van der Waals surface area contributed by atoms with E-state index < -0.39 is 6.10 Å². The third-order valence-corrected chi connectivity index (χ3v) is 10.9. The fourth-order valence-electron chi connectivity index (χ4n) is 8.99. The van der Waals surface area contributed by atoms with Gasteiger partial charge in [-0.2, -0.15) is 0 Å². The number of carbonyl (C=O) groups is 1. The fourth-order valence-corrected chi connectivity index (χ4v) is 8.99. The maximum absolute atomic E-state index is 12.7. The van der Waals surface area contributed by atoms with Crippen molar-refractivity contribution in [2.45, 2.75) is 125 Å². The van der Waals surface area contributed by atoms with Crippen LogP contribution in [-0.2, 0) is 9.53 Å². The Bertz CT molecular complexity index is 825. The molecule has 2 fully saturated rings. The lowest BCUT2D eigenvalue weighted by Crippen LogP contribution is -2.51. The van der Waals surface area contributed by atoms with Gasteiger partial charge in [0.15, 0.2) is 0 Å². The van der Waals surface area contributed by atoms with Crippen LogP contribution in [0.15, 0.2) is 23.5 Å². The van der Waals surface area contributed by atoms with Gasteiger partial charge in [-0.1, -0.05) is 72.0 Å². The highest BCUT2D eigenvalue weighted by atomic mass is 16.5. The van der Waals surface area contributed by atoms with Gasteiger partial charge in [0.1, 0.15) is 5.76 Å². The van der Waals surface area contributed by atoms with Crippen LogP contribution in [-0.4, -0.2) is 17.2 Å². The van der Waals surface area contributed by atoms with Gasteiger partial charge in [0.05, 0.1) is 6.10 Å². The Labute approximate surface area is 215 Å². The van der Waals surface area contributed by atoms with Crippen LogP contribution in [0.1, 0.15) is 119 Å². The SMILES string of the molecule is CCCCC(=O)OC1=C[C@@H](O)CC2=CC[C@@H]3[C@H](CC[C@]4(C)[C@@H]([C@H](C)CCCC(C)C)CC[C@@H]34)[C@]21C. The van der Waals surface area contributed by atoms with E-state index in [2.05, 4.69) is 47.6 Å². The van der Waals surface area contributed by atoms with Crippen molar-refractivity contribution in [2.75, 3.05) is 0 Å². The van der Waals surface area contributed by atoms with Crippen LogP contribution >= 0.6 is 0 Å². The molecule has 3 nitrogen and oxygen atoms in total. The first-order valence-corrected chi connectivity index (χ1v) is 14.9. The van der Waals surface area contributed by atoms with E-state index in [0.717, 1.165) is 48.7 Å². The number of rotatable bonds is 9. The number of esters is 1. The summed E-state index contributed by atoms with van der Waals surface area (Å²) in [5.74, 6) is 5.00. The van der Waals surface area contributed by atoms with Crippen molar-refractivity contribution in [1.82, 2.24) is 0 Å². The molecule has 1 N–H and O–H groups in total. The number of fused-ring (bicyclic) bond motifs is 5. The smallest absolute Gasteiger partial charge is 0.310 e. The van der Waals surface area contributed by atoms with E-state index in [1.807, 2.05) is 6.08 Å². The monoisotopic (exact) mass is 484 g/mol. The molecule has 8 atom stereocenters. The molecule has 0 aliphatic heterocycles. The highest BCUT2D eigenvalue weighted by Crippen LogP contribution is 2.67. The quantitative estimate of drug-likeness (QED) is 0.265. The summed E-state index contributed by atoms with van der Waals surface area (Å²) in [7, 11) is 0. The summed E-state index contributed by atoms with van der Waals surface area (Å²) in [5, 5.41) is 10.6. The Morgan fingerprint density at radius 1 is 1.11 bits per heavy atom. The standard InChI is InChI=1S/C32H52O3/c1-7-8-12-30(34)35-29-20-24(33)19-23-13-14-25-27-16-15-26(22(4)11-9-10-21(2)3)31(27,5)18-17-28(25)32(23,29)6/h13,20-22,24-28,33H,7-12,14-19H2,1-6H3/t22-,24+,25+,26-,27+,28+,31-,32+/m1/s1. The van der Waals surface area contributed by atoms with Gasteiger partial charge in [0, 0.05) is 11.8 Å². The zero-order valence-corrected chi connectivity index (χ0v) is 23.4. The summed E-state index contributed by atoms with van der Waals surface area (Å²) < 4.78 is 6.07. The second kappa shape index (κ2) is 10.7. The van der Waals surface area contributed by atoms with Crippen molar-refractivity contribution in [1.29, 1.82) is 0 Å². The van der Waals surface area contributed by atoms with Crippen molar-refractivity contribution in [2.24, 2.45) is 46.3 Å². The van der Waals surface area contributed by atoms with Crippen LogP contribution in [0.25, 0.3) is 0 Å². The van der Waals surface area contributed by atoms with E-state index in [4.69, 9.17) is 4.74 Å². The van der Waals surface area contributed by atoms with Crippen LogP contribution in [0.4, 0.5) is 0 Å². The Balaban J connectivity index is 1.54. The molecule has 0 saturated heterocycles. The molecule has 0 spiro atoms. The van der Waals surface area contributed by atoms with Gasteiger partial charge in [-0.25, -0.2) is 0 Å². The number of hydrogen-bond acceptors (Lipinski definition) is 3. The molecule has 0 amide bonds. The van der Waals surface area contributed by atoms with Crippen molar-refractivity contribution in [3.05, 3.63) is 23.5 Å². The van der Waals surface area contributed by atoms with E-state index in [1.165, 1.54) is 50.5 Å². The summed E-state index contributed by atoms with van der Waals surface area (Å²) in [6.07, 6.45) is 17.2. The van der Waals surface area contributed by atoms with Gasteiger partial charge in [0.25, 0.3) is 0 Å². The third kappa shape index (κ3) is 5.05. The lowest BCUT2D eigenvalue weighted by Gasteiger charge is -2.58. The fraction of sp³-hybridized carbons (Fsp3) is 0.844. The lowest BCUT2D eigenvalue weighted by atomic mass is 9.47. The van der Waals surface area contributed by atoms with E-state index >= 15 is 0 Å². The minimum absolute atomic E-state index is 0.133. The molecule has 3 heteroatoms. The molecule has 0 bridgehead atoms. The second-order valence-corrected chi connectivity index (χ2v) is 13.5. The average molecular weight is 485 g/mol. The van der Waals surface area contributed by atoms with Crippen molar-refractivity contribution >= 4 is 5.97 Å². The molecule has 4 rings (SSSR count). The second-order valence-electron chi connectivity index (χ2n) is 13.5. The maximum atomic E-state index is 12.7. The van der Waals surface area contributed by atoms with E-state index in [9.17, 15) is 9.90 Å². The van der Waals surface area contributed by atoms with Crippen molar-refractivity contribution in [3.63, 3.8) is 0 Å². The molecule has 4 aliphatic carbocycles. The van der Waals surface area contributed by atoms with E-state index in [-0.39, 0.29) is 11.4 Å². The minimum atomic E-state index is -0.545. The van der Waals surface area contributed by atoms with Crippen LogP contribution in [0.3, 0.4) is 0 Å². The molecule has 0 aromatic carbocycles. The predicted octanol–water partition coefficient (Wildman–Crippen LogP) is 8.23. The van der Waals surface area contributed by atoms with E-state index in [1.54, 1.807) is 0 Å². The lowest BCUT2D eigenvalue weighted by molar-refractivity contribution is -0.143. The highest BCUT2D eigenvalue weighted by molar-refractivity contribution is 5.71. The molecule has 198 valence electrons. The third-order valence-electron chi connectivity index (χ3n) is 10.9. The van der Waals surface area contributed by atoms with Crippen LogP contribution in [0, 0.1) is 46.3 Å². The molecule has 0 heterocycles. The van der Waals surface area contributed by atoms with Gasteiger partial charge in [-0.05, 0) is 98.9 Å². The number of allylic oxidation sites excluding steroid dienone is 2. The molecule has 2 saturated carbocycles. The highest BCUT2D eigenvalue weighted by Gasteiger charge is 2.60. The van der Waals surface area contributed by atoms with Gasteiger partial charge < -0.3 is 9.84 Å². The van der Waals surface area contributed by atoms with E-state index in [0.29, 0.717) is 30.1 Å². The summed E-state index contributed by atoms with van der Waals surface area (Å²) in [4.78, 5) is 12.7. The Kier molecular flexibility index (Phi) is 8.26. The van der Waals surface area contributed by atoms with Crippen molar-refractivity contribution < 1.29 is 14.6 Å². The molecule has 4 aliphatic rings. The number of aliphatic hydroxyl groups is 1. The first kappa shape index (κ1) is 27.0. The van der Waals surface area contributed by atoms with Crippen LogP contribution in [0.2, 0.25) is 0 Å². The Hall–Kier alpha value is -1.09. The number of ether oxygens (including phenoxy) is 1. The maximum Gasteiger partial charge on any atom is 0.310 e. The van der Waals surface area contributed by atoms with Crippen LogP contribution < -0.4 is 0 Å². The van der Waals surface area contributed by atoms with Gasteiger partial charge >= 0.3 is 5.97 Å². The normalized spacial score (nSPS) is 39.3. The Morgan fingerprint density at radius 3 is 2.60 bits per heavy atom. The van der Waals surface area contributed by atoms with Crippen LogP contribution in [0.5, 0.6) is 0 Å². The number of hydrogen-bond donors (Lipinski definition) is 1. The van der Waals surface area contributed by atoms with Gasteiger partial charge in [-0.15, -0.1) is 0 Å².